The van der Waals surface area contributed by atoms with Crippen LogP contribution < -0.4 is 15.4 Å². The predicted molar refractivity (Wildman–Crippen MR) is 149 cm³/mol. The second-order valence-corrected chi connectivity index (χ2v) is 10.5. The minimum atomic E-state index is -0.928. The molecule has 1 amide bonds. The third-order valence-corrected chi connectivity index (χ3v) is 7.97. The summed E-state index contributed by atoms with van der Waals surface area (Å²) < 4.78 is 1.85. The number of nitriles is 1. The van der Waals surface area contributed by atoms with Gasteiger partial charge in [0.2, 0.25) is 0 Å². The van der Waals surface area contributed by atoms with E-state index in [0.717, 1.165) is 30.5 Å². The van der Waals surface area contributed by atoms with E-state index in [1.807, 2.05) is 24.3 Å². The average molecular weight is 538 g/mol. The number of thiocarbonyl (C=S) groups is 1. The molecule has 1 N–H and O–H groups in total. The minimum absolute atomic E-state index is 0.0392. The maximum atomic E-state index is 13.1. The Bertz CT molecular complexity index is 1370. The van der Waals surface area contributed by atoms with Gasteiger partial charge in [0.25, 0.3) is 11.5 Å². The largest absolute Gasteiger partial charge is 0.481 e. The number of rotatable bonds is 7. The highest BCUT2D eigenvalue weighted by molar-refractivity contribution is 8.26. The van der Waals surface area contributed by atoms with E-state index in [1.54, 1.807) is 20.0 Å². The van der Waals surface area contributed by atoms with Crippen LogP contribution in [0.5, 0.6) is 0 Å². The summed E-state index contributed by atoms with van der Waals surface area (Å²) in [5.41, 5.74) is 1.95. The fourth-order valence-corrected chi connectivity index (χ4v) is 5.91. The number of carbonyl (C=O) groups is 2. The van der Waals surface area contributed by atoms with Crippen LogP contribution in [0.1, 0.15) is 29.5 Å². The summed E-state index contributed by atoms with van der Waals surface area (Å²) in [6.07, 6.45) is 1.95. The molecule has 4 rings (SSSR count). The summed E-state index contributed by atoms with van der Waals surface area (Å²) in [6.45, 7) is 4.77. The second kappa shape index (κ2) is 11.2. The van der Waals surface area contributed by atoms with Crippen molar-refractivity contribution < 1.29 is 14.7 Å². The first kappa shape index (κ1) is 26.4. The highest BCUT2D eigenvalue weighted by atomic mass is 32.2. The van der Waals surface area contributed by atoms with Gasteiger partial charge in [-0.2, -0.15) is 5.26 Å². The Morgan fingerprint density at radius 3 is 2.43 bits per heavy atom. The Morgan fingerprint density at radius 2 is 1.81 bits per heavy atom. The number of thioether (sulfide) groups is 1. The first-order valence-corrected chi connectivity index (χ1v) is 13.1. The monoisotopic (exact) mass is 537 g/mol. The molecule has 192 valence electrons. The number of aliphatic carboxylic acids is 1. The molecule has 0 spiro atoms. The van der Waals surface area contributed by atoms with Crippen LogP contribution in [0.3, 0.4) is 0 Å². The molecule has 11 heteroatoms. The van der Waals surface area contributed by atoms with Gasteiger partial charge in [0.15, 0.2) is 0 Å². The molecule has 9 nitrogen and oxygen atoms in total. The molecule has 37 heavy (non-hydrogen) atoms. The number of hydrogen-bond donors (Lipinski definition) is 1. The zero-order valence-corrected chi connectivity index (χ0v) is 22.3. The number of anilines is 2. The first-order valence-electron chi connectivity index (χ1n) is 11.9. The van der Waals surface area contributed by atoms with Gasteiger partial charge < -0.3 is 14.9 Å². The summed E-state index contributed by atoms with van der Waals surface area (Å²) in [7, 11) is 1.65. The van der Waals surface area contributed by atoms with Crippen LogP contribution >= 0.6 is 24.0 Å². The molecule has 2 aromatic rings. The van der Waals surface area contributed by atoms with Crippen LogP contribution in [0.25, 0.3) is 6.08 Å². The third kappa shape index (κ3) is 5.40. The molecule has 2 aliphatic rings. The highest BCUT2D eigenvalue weighted by Crippen LogP contribution is 2.36. The number of carboxylic acids is 1. The van der Waals surface area contributed by atoms with E-state index in [1.165, 1.54) is 9.47 Å². The standard InChI is InChI=1S/C26H27N5O4S2/c1-17-19(15-21-25(35)31(26(36)37-21)10-6-9-22(32)33)23(28(2)24(34)20(17)16-27)30-13-11-29(12-14-30)18-7-4-3-5-8-18/h3-5,7-8,15H,6,9-14H2,1-2H3,(H,32,33)/b21-15-. The lowest BCUT2D eigenvalue weighted by atomic mass is 10.0. The average Bonchev–Trinajstić information content (AvgIpc) is 3.15. The Labute approximate surface area is 224 Å². The van der Waals surface area contributed by atoms with Crippen molar-refractivity contribution in [3.63, 3.8) is 0 Å². The lowest BCUT2D eigenvalue weighted by Gasteiger charge is -2.38. The van der Waals surface area contributed by atoms with E-state index in [4.69, 9.17) is 17.3 Å². The molecule has 0 radical (unpaired) electrons. The van der Waals surface area contributed by atoms with E-state index in [2.05, 4.69) is 21.9 Å². The van der Waals surface area contributed by atoms with Crippen molar-refractivity contribution in [1.82, 2.24) is 9.47 Å². The van der Waals surface area contributed by atoms with Crippen LogP contribution in [0.15, 0.2) is 40.0 Å². The van der Waals surface area contributed by atoms with E-state index >= 15 is 0 Å². The highest BCUT2D eigenvalue weighted by Gasteiger charge is 2.33. The van der Waals surface area contributed by atoms with Crippen LogP contribution in [0, 0.1) is 18.3 Å². The van der Waals surface area contributed by atoms with Gasteiger partial charge in [0.1, 0.15) is 21.8 Å². The maximum absolute atomic E-state index is 13.1. The van der Waals surface area contributed by atoms with Crippen molar-refractivity contribution >= 4 is 57.8 Å². The number of carbonyl (C=O) groups excluding carboxylic acids is 1. The van der Waals surface area contributed by atoms with Crippen molar-refractivity contribution in [3.8, 4) is 6.07 Å². The number of nitrogens with zero attached hydrogens (tertiary/aromatic N) is 5. The molecule has 2 aliphatic heterocycles. The van der Waals surface area contributed by atoms with Gasteiger partial charge >= 0.3 is 5.97 Å². The quantitative estimate of drug-likeness (QED) is 0.421. The number of aromatic nitrogens is 1. The fourth-order valence-electron chi connectivity index (χ4n) is 4.62. The molecular weight excluding hydrogens is 510 g/mol. The molecule has 3 heterocycles. The van der Waals surface area contributed by atoms with Crippen LogP contribution in [-0.4, -0.2) is 63.5 Å². The topological polar surface area (TPSA) is 110 Å². The predicted octanol–water partition coefficient (Wildman–Crippen LogP) is 2.96. The lowest BCUT2D eigenvalue weighted by molar-refractivity contribution is -0.137. The molecule has 0 atom stereocenters. The van der Waals surface area contributed by atoms with Gasteiger partial charge in [-0.3, -0.25) is 23.9 Å². The normalized spacial score (nSPS) is 17.0. The number of pyridine rings is 1. The van der Waals surface area contributed by atoms with Crippen molar-refractivity contribution in [1.29, 1.82) is 5.26 Å². The molecule has 0 saturated carbocycles. The zero-order valence-electron chi connectivity index (χ0n) is 20.6. The number of amides is 1. The Hall–Kier alpha value is -3.62. The molecule has 2 saturated heterocycles. The Balaban J connectivity index is 1.68. The number of carboxylic acid groups (broad SMARTS) is 1. The molecule has 0 unspecified atom stereocenters. The summed E-state index contributed by atoms with van der Waals surface area (Å²) in [4.78, 5) is 43.3. The first-order chi connectivity index (χ1) is 17.7. The molecular formula is C26H27N5O4S2. The van der Waals surface area contributed by atoms with E-state index in [9.17, 15) is 19.6 Å². The summed E-state index contributed by atoms with van der Waals surface area (Å²) in [5.74, 6) is -0.569. The van der Waals surface area contributed by atoms with E-state index in [-0.39, 0.29) is 30.0 Å². The van der Waals surface area contributed by atoms with Gasteiger partial charge in [-0.1, -0.05) is 42.2 Å². The van der Waals surface area contributed by atoms with E-state index < -0.39 is 5.97 Å². The third-order valence-electron chi connectivity index (χ3n) is 6.59. The van der Waals surface area contributed by atoms with Gasteiger partial charge in [-0.15, -0.1) is 0 Å². The summed E-state index contributed by atoms with van der Waals surface area (Å²) >= 11 is 6.54. The Morgan fingerprint density at radius 1 is 1.16 bits per heavy atom. The van der Waals surface area contributed by atoms with Crippen molar-refractivity contribution in [2.75, 3.05) is 42.5 Å². The smallest absolute Gasteiger partial charge is 0.303 e. The van der Waals surface area contributed by atoms with Crippen molar-refractivity contribution in [2.24, 2.45) is 7.05 Å². The SMILES string of the molecule is Cc1c(/C=C2\SC(=S)N(CCCC(=O)O)C2=O)c(N2CCN(c3ccccc3)CC2)n(C)c(=O)c1C#N. The van der Waals surface area contributed by atoms with Gasteiger partial charge in [-0.25, -0.2) is 0 Å². The van der Waals surface area contributed by atoms with Gasteiger partial charge in [0.05, 0.1) is 4.91 Å². The number of piperazine rings is 1. The summed E-state index contributed by atoms with van der Waals surface area (Å²) in [6, 6.07) is 12.2. The molecule has 0 aliphatic carbocycles. The lowest BCUT2D eigenvalue weighted by Crippen LogP contribution is -2.48. The maximum Gasteiger partial charge on any atom is 0.303 e. The molecule has 1 aromatic carbocycles. The molecule has 0 bridgehead atoms. The van der Waals surface area contributed by atoms with Crippen LogP contribution in [0.2, 0.25) is 0 Å². The number of para-hydroxylation sites is 1. The zero-order chi connectivity index (χ0) is 26.7. The van der Waals surface area contributed by atoms with Crippen molar-refractivity contribution in [2.45, 2.75) is 19.8 Å². The molecule has 1 aromatic heterocycles. The van der Waals surface area contributed by atoms with Gasteiger partial charge in [-0.05, 0) is 37.1 Å². The Kier molecular flexibility index (Phi) is 8.00. The van der Waals surface area contributed by atoms with E-state index in [0.29, 0.717) is 45.7 Å². The van der Waals surface area contributed by atoms with Gasteiger partial charge in [0, 0.05) is 57.4 Å². The van der Waals surface area contributed by atoms with Crippen LogP contribution in [-0.2, 0) is 16.6 Å². The minimum Gasteiger partial charge on any atom is -0.481 e. The molecule has 2 fully saturated rings. The van der Waals surface area contributed by atoms with Crippen molar-refractivity contribution in [3.05, 3.63) is 62.3 Å². The fraction of sp³-hybridized carbons (Fsp3) is 0.346. The summed E-state index contributed by atoms with van der Waals surface area (Å²) in [5, 5.41) is 18.6. The second-order valence-electron chi connectivity index (χ2n) is 8.85. The number of benzene rings is 1. The number of hydrogen-bond acceptors (Lipinski definition) is 8. The van der Waals surface area contributed by atoms with Crippen LogP contribution in [0.4, 0.5) is 11.5 Å².